The standard InChI is InChI=1S/C10H11NO2/c1-3-5-11(2)10(7-12)9-4-6-13-8-9/h1,4,6-8,10H,5H2,2H3. The first-order valence-electron chi connectivity index (χ1n) is 3.90. The molecule has 1 unspecified atom stereocenters. The highest BCUT2D eigenvalue weighted by Gasteiger charge is 2.15. The fourth-order valence-corrected chi connectivity index (χ4v) is 1.12. The highest BCUT2D eigenvalue weighted by molar-refractivity contribution is 5.61. The Balaban J connectivity index is 2.74. The fraction of sp³-hybridized carbons (Fsp3) is 0.300. The average Bonchev–Trinajstić information content (AvgIpc) is 2.59. The number of carbonyl (C=O) groups is 1. The Labute approximate surface area is 77.3 Å². The third-order valence-corrected chi connectivity index (χ3v) is 1.83. The van der Waals surface area contributed by atoms with Crippen molar-refractivity contribution in [2.24, 2.45) is 0 Å². The van der Waals surface area contributed by atoms with Crippen LogP contribution in [-0.2, 0) is 4.79 Å². The molecule has 0 saturated carbocycles. The maximum Gasteiger partial charge on any atom is 0.141 e. The minimum Gasteiger partial charge on any atom is -0.472 e. The van der Waals surface area contributed by atoms with E-state index in [-0.39, 0.29) is 6.04 Å². The first-order chi connectivity index (χ1) is 6.29. The van der Waals surface area contributed by atoms with Gasteiger partial charge >= 0.3 is 0 Å². The van der Waals surface area contributed by atoms with Gasteiger partial charge in [0.05, 0.1) is 25.1 Å². The summed E-state index contributed by atoms with van der Waals surface area (Å²) in [6.45, 7) is 0.439. The number of nitrogens with zero attached hydrogens (tertiary/aromatic N) is 1. The maximum absolute atomic E-state index is 10.8. The van der Waals surface area contributed by atoms with Crippen LogP contribution in [0.15, 0.2) is 23.0 Å². The van der Waals surface area contributed by atoms with E-state index in [0.29, 0.717) is 6.54 Å². The Morgan fingerprint density at radius 1 is 1.85 bits per heavy atom. The molecule has 13 heavy (non-hydrogen) atoms. The van der Waals surface area contributed by atoms with Gasteiger partial charge in [-0.15, -0.1) is 6.42 Å². The first kappa shape index (κ1) is 9.56. The molecule has 0 aromatic carbocycles. The Bertz CT molecular complexity index is 297. The van der Waals surface area contributed by atoms with Gasteiger partial charge in [0.15, 0.2) is 0 Å². The van der Waals surface area contributed by atoms with E-state index in [1.165, 1.54) is 6.26 Å². The SMILES string of the molecule is C#CCN(C)C(C=O)c1ccoc1. The minimum atomic E-state index is -0.310. The van der Waals surface area contributed by atoms with Crippen molar-refractivity contribution in [3.63, 3.8) is 0 Å². The fourth-order valence-electron chi connectivity index (χ4n) is 1.12. The van der Waals surface area contributed by atoms with Crippen LogP contribution in [0.2, 0.25) is 0 Å². The summed E-state index contributed by atoms with van der Waals surface area (Å²) < 4.78 is 4.89. The summed E-state index contributed by atoms with van der Waals surface area (Å²) in [5, 5.41) is 0. The van der Waals surface area contributed by atoms with E-state index in [2.05, 4.69) is 5.92 Å². The minimum absolute atomic E-state index is 0.310. The Morgan fingerprint density at radius 2 is 2.62 bits per heavy atom. The molecule has 0 saturated heterocycles. The molecule has 1 aromatic heterocycles. The maximum atomic E-state index is 10.8. The molecule has 3 nitrogen and oxygen atoms in total. The van der Waals surface area contributed by atoms with E-state index < -0.39 is 0 Å². The van der Waals surface area contributed by atoms with E-state index >= 15 is 0 Å². The number of rotatable bonds is 4. The number of likely N-dealkylation sites (N-methyl/N-ethyl adjacent to an activating group) is 1. The van der Waals surface area contributed by atoms with E-state index in [0.717, 1.165) is 11.8 Å². The largest absolute Gasteiger partial charge is 0.472 e. The van der Waals surface area contributed by atoms with Gasteiger partial charge in [0, 0.05) is 5.56 Å². The first-order valence-corrected chi connectivity index (χ1v) is 3.90. The van der Waals surface area contributed by atoms with Crippen molar-refractivity contribution in [3.05, 3.63) is 24.2 Å². The summed E-state index contributed by atoms with van der Waals surface area (Å²) in [5.41, 5.74) is 0.827. The lowest BCUT2D eigenvalue weighted by atomic mass is 10.1. The van der Waals surface area contributed by atoms with Crippen LogP contribution >= 0.6 is 0 Å². The molecule has 0 N–H and O–H groups in total. The molecular weight excluding hydrogens is 166 g/mol. The summed E-state index contributed by atoms with van der Waals surface area (Å²) in [5.74, 6) is 2.48. The number of carbonyl (C=O) groups excluding carboxylic acids is 1. The van der Waals surface area contributed by atoms with Gasteiger partial charge in [-0.05, 0) is 13.1 Å². The summed E-state index contributed by atoms with van der Waals surface area (Å²) in [7, 11) is 1.80. The highest BCUT2D eigenvalue weighted by Crippen LogP contribution is 2.16. The molecule has 0 bridgehead atoms. The molecule has 0 fully saturated rings. The predicted octanol–water partition coefficient (Wildman–Crippen LogP) is 1.08. The van der Waals surface area contributed by atoms with E-state index in [4.69, 9.17) is 10.8 Å². The lowest BCUT2D eigenvalue weighted by Crippen LogP contribution is -2.25. The number of terminal acetylenes is 1. The predicted molar refractivity (Wildman–Crippen MR) is 49.0 cm³/mol. The molecule has 0 aliphatic rings. The number of aldehydes is 1. The third-order valence-electron chi connectivity index (χ3n) is 1.83. The van der Waals surface area contributed by atoms with Crippen molar-refractivity contribution in [3.8, 4) is 12.3 Å². The topological polar surface area (TPSA) is 33.5 Å². The molecule has 0 radical (unpaired) electrons. The van der Waals surface area contributed by atoms with Crippen molar-refractivity contribution >= 4 is 6.29 Å². The summed E-state index contributed by atoms with van der Waals surface area (Å²) in [4.78, 5) is 12.5. The summed E-state index contributed by atoms with van der Waals surface area (Å²) >= 11 is 0. The van der Waals surface area contributed by atoms with Crippen LogP contribution in [0.5, 0.6) is 0 Å². The van der Waals surface area contributed by atoms with Gasteiger partial charge in [0.2, 0.25) is 0 Å². The Kier molecular flexibility index (Phi) is 3.30. The Hall–Kier alpha value is -1.53. The lowest BCUT2D eigenvalue weighted by molar-refractivity contribution is -0.112. The normalized spacial score (nSPS) is 12.4. The molecule has 3 heteroatoms. The second-order valence-electron chi connectivity index (χ2n) is 2.76. The zero-order valence-corrected chi connectivity index (χ0v) is 7.43. The summed E-state index contributed by atoms with van der Waals surface area (Å²) in [6, 6.07) is 1.45. The molecule has 1 aromatic rings. The van der Waals surface area contributed by atoms with Crippen LogP contribution in [0.25, 0.3) is 0 Å². The smallest absolute Gasteiger partial charge is 0.141 e. The van der Waals surface area contributed by atoms with Crippen LogP contribution < -0.4 is 0 Å². The Morgan fingerprint density at radius 3 is 3.08 bits per heavy atom. The van der Waals surface area contributed by atoms with Gasteiger partial charge < -0.3 is 9.21 Å². The number of hydrogen-bond acceptors (Lipinski definition) is 3. The van der Waals surface area contributed by atoms with Crippen LogP contribution in [0.1, 0.15) is 11.6 Å². The van der Waals surface area contributed by atoms with Crippen LogP contribution in [-0.4, -0.2) is 24.8 Å². The van der Waals surface area contributed by atoms with Gasteiger partial charge in [-0.2, -0.15) is 0 Å². The van der Waals surface area contributed by atoms with E-state index in [9.17, 15) is 4.79 Å². The molecule has 1 heterocycles. The van der Waals surface area contributed by atoms with Crippen molar-refractivity contribution in [1.82, 2.24) is 4.90 Å². The molecule has 0 amide bonds. The number of hydrogen-bond donors (Lipinski definition) is 0. The molecular formula is C10H11NO2. The molecule has 68 valence electrons. The van der Waals surface area contributed by atoms with E-state index in [1.54, 1.807) is 24.3 Å². The van der Waals surface area contributed by atoms with Gasteiger partial charge in [0.25, 0.3) is 0 Å². The van der Waals surface area contributed by atoms with Gasteiger partial charge in [-0.25, -0.2) is 0 Å². The van der Waals surface area contributed by atoms with Gasteiger partial charge in [-0.1, -0.05) is 5.92 Å². The van der Waals surface area contributed by atoms with Crippen LogP contribution in [0.3, 0.4) is 0 Å². The number of furan rings is 1. The lowest BCUT2D eigenvalue weighted by Gasteiger charge is -2.19. The molecule has 0 aliphatic heterocycles. The average molecular weight is 177 g/mol. The molecule has 0 aliphatic carbocycles. The zero-order chi connectivity index (χ0) is 9.68. The quantitative estimate of drug-likeness (QED) is 0.509. The third kappa shape index (κ3) is 2.20. The van der Waals surface area contributed by atoms with Crippen molar-refractivity contribution in [2.45, 2.75) is 6.04 Å². The van der Waals surface area contributed by atoms with Crippen molar-refractivity contribution < 1.29 is 9.21 Å². The summed E-state index contributed by atoms with van der Waals surface area (Å²) in [6.07, 6.45) is 9.08. The molecule has 1 atom stereocenters. The second-order valence-corrected chi connectivity index (χ2v) is 2.76. The highest BCUT2D eigenvalue weighted by atomic mass is 16.3. The van der Waals surface area contributed by atoms with Crippen LogP contribution in [0.4, 0.5) is 0 Å². The van der Waals surface area contributed by atoms with E-state index in [1.807, 2.05) is 0 Å². The second kappa shape index (κ2) is 4.48. The molecule has 0 spiro atoms. The van der Waals surface area contributed by atoms with Crippen molar-refractivity contribution in [2.75, 3.05) is 13.6 Å². The zero-order valence-electron chi connectivity index (χ0n) is 7.43. The monoisotopic (exact) mass is 177 g/mol. The van der Waals surface area contributed by atoms with Crippen LogP contribution in [0, 0.1) is 12.3 Å². The van der Waals surface area contributed by atoms with Crippen molar-refractivity contribution in [1.29, 1.82) is 0 Å². The van der Waals surface area contributed by atoms with Gasteiger partial charge in [0.1, 0.15) is 6.29 Å². The molecule has 1 rings (SSSR count). The van der Waals surface area contributed by atoms with Gasteiger partial charge in [-0.3, -0.25) is 4.90 Å².